The Kier molecular flexibility index (Phi) is 2.61. The molecule has 2 atom stereocenters. The third-order valence-corrected chi connectivity index (χ3v) is 3.94. The van der Waals surface area contributed by atoms with Gasteiger partial charge in [0.2, 0.25) is 0 Å². The van der Waals surface area contributed by atoms with Crippen LogP contribution in [0.5, 0.6) is 0 Å². The molecular formula is C12H24N2. The average Bonchev–Trinajstić information content (AvgIpc) is 2.38. The lowest BCUT2D eigenvalue weighted by atomic mass is 9.87. The van der Waals surface area contributed by atoms with Crippen LogP contribution in [0.25, 0.3) is 0 Å². The minimum atomic E-state index is 0.353. The zero-order chi connectivity index (χ0) is 10.3. The third-order valence-electron chi connectivity index (χ3n) is 3.94. The molecule has 2 nitrogen and oxygen atoms in total. The molecule has 0 aromatic rings. The van der Waals surface area contributed by atoms with E-state index < -0.39 is 0 Å². The van der Waals surface area contributed by atoms with Gasteiger partial charge in [-0.05, 0) is 58.9 Å². The zero-order valence-electron chi connectivity index (χ0n) is 9.79. The fourth-order valence-corrected chi connectivity index (χ4v) is 3.58. The van der Waals surface area contributed by atoms with Crippen molar-refractivity contribution in [2.45, 2.75) is 64.1 Å². The lowest BCUT2D eigenvalue weighted by Crippen LogP contribution is -2.53. The van der Waals surface area contributed by atoms with E-state index in [1.54, 1.807) is 0 Å². The van der Waals surface area contributed by atoms with Crippen LogP contribution < -0.4 is 5.73 Å². The van der Waals surface area contributed by atoms with Gasteiger partial charge in [0.05, 0.1) is 0 Å². The lowest BCUT2D eigenvalue weighted by Gasteiger charge is -2.46. The van der Waals surface area contributed by atoms with Crippen molar-refractivity contribution in [2.24, 2.45) is 11.7 Å². The third kappa shape index (κ3) is 1.70. The highest BCUT2D eigenvalue weighted by Crippen LogP contribution is 2.42. The van der Waals surface area contributed by atoms with Crippen molar-refractivity contribution in [3.63, 3.8) is 0 Å². The van der Waals surface area contributed by atoms with Crippen LogP contribution >= 0.6 is 0 Å². The Morgan fingerprint density at radius 1 is 1.14 bits per heavy atom. The molecule has 14 heavy (non-hydrogen) atoms. The first kappa shape index (κ1) is 10.4. The molecule has 0 aliphatic carbocycles. The van der Waals surface area contributed by atoms with Crippen molar-refractivity contribution in [3.05, 3.63) is 0 Å². The van der Waals surface area contributed by atoms with Gasteiger partial charge in [0.15, 0.2) is 0 Å². The monoisotopic (exact) mass is 196 g/mol. The molecule has 82 valence electrons. The summed E-state index contributed by atoms with van der Waals surface area (Å²) in [7, 11) is 0. The van der Waals surface area contributed by atoms with Gasteiger partial charge in [0, 0.05) is 17.6 Å². The maximum atomic E-state index is 5.79. The van der Waals surface area contributed by atoms with Crippen LogP contribution in [0.3, 0.4) is 0 Å². The van der Waals surface area contributed by atoms with E-state index in [0.717, 1.165) is 24.5 Å². The normalized spacial score (nSPS) is 39.0. The molecule has 2 aliphatic rings. The Labute approximate surface area is 87.8 Å². The zero-order valence-corrected chi connectivity index (χ0v) is 9.79. The van der Waals surface area contributed by atoms with Crippen LogP contribution in [0, 0.1) is 5.92 Å². The van der Waals surface area contributed by atoms with Gasteiger partial charge in [-0.2, -0.15) is 0 Å². The van der Waals surface area contributed by atoms with Crippen LogP contribution in [-0.2, 0) is 0 Å². The van der Waals surface area contributed by atoms with Gasteiger partial charge >= 0.3 is 0 Å². The molecule has 2 heterocycles. The molecule has 0 aromatic carbocycles. The van der Waals surface area contributed by atoms with E-state index in [0.29, 0.717) is 5.54 Å². The van der Waals surface area contributed by atoms with Crippen molar-refractivity contribution in [1.82, 2.24) is 4.90 Å². The van der Waals surface area contributed by atoms with Gasteiger partial charge in [-0.3, -0.25) is 4.90 Å². The summed E-state index contributed by atoms with van der Waals surface area (Å²) < 4.78 is 0. The summed E-state index contributed by atoms with van der Waals surface area (Å²) >= 11 is 0. The number of piperidine rings is 1. The van der Waals surface area contributed by atoms with Crippen molar-refractivity contribution in [3.8, 4) is 0 Å². The van der Waals surface area contributed by atoms with Crippen LogP contribution in [0.2, 0.25) is 0 Å². The number of rotatable bonds is 1. The van der Waals surface area contributed by atoms with E-state index >= 15 is 0 Å². The summed E-state index contributed by atoms with van der Waals surface area (Å²) in [4.78, 5) is 2.75. The van der Waals surface area contributed by atoms with E-state index in [-0.39, 0.29) is 0 Å². The van der Waals surface area contributed by atoms with Crippen molar-refractivity contribution in [2.75, 3.05) is 6.54 Å². The predicted molar refractivity (Wildman–Crippen MR) is 60.2 cm³/mol. The summed E-state index contributed by atoms with van der Waals surface area (Å²) in [5.74, 6) is 0.797. The predicted octanol–water partition coefficient (Wildman–Crippen LogP) is 1.99. The minimum absolute atomic E-state index is 0.353. The molecule has 2 unspecified atom stereocenters. The molecular weight excluding hydrogens is 172 g/mol. The topological polar surface area (TPSA) is 29.3 Å². The van der Waals surface area contributed by atoms with Crippen molar-refractivity contribution < 1.29 is 0 Å². The van der Waals surface area contributed by atoms with Gasteiger partial charge in [0.25, 0.3) is 0 Å². The Morgan fingerprint density at radius 3 is 2.00 bits per heavy atom. The van der Waals surface area contributed by atoms with Crippen molar-refractivity contribution >= 4 is 0 Å². The van der Waals surface area contributed by atoms with Gasteiger partial charge < -0.3 is 5.73 Å². The number of nitrogens with zero attached hydrogens (tertiary/aromatic N) is 1. The molecule has 2 rings (SSSR count). The summed E-state index contributed by atoms with van der Waals surface area (Å²) in [5, 5.41) is 0. The first-order valence-electron chi connectivity index (χ1n) is 6.01. The Balaban J connectivity index is 2.10. The highest BCUT2D eigenvalue weighted by molar-refractivity contribution is 5.00. The largest absolute Gasteiger partial charge is 0.330 e. The molecule has 2 bridgehead atoms. The van der Waals surface area contributed by atoms with Crippen LogP contribution in [0.1, 0.15) is 46.5 Å². The summed E-state index contributed by atoms with van der Waals surface area (Å²) in [6, 6.07) is 1.64. The van der Waals surface area contributed by atoms with E-state index in [2.05, 4.69) is 25.7 Å². The summed E-state index contributed by atoms with van der Waals surface area (Å²) in [6.45, 7) is 7.94. The second kappa shape index (κ2) is 3.49. The first-order chi connectivity index (χ1) is 6.52. The Bertz CT molecular complexity index is 193. The number of fused-ring (bicyclic) bond motifs is 2. The number of hydrogen-bond acceptors (Lipinski definition) is 2. The number of hydrogen-bond donors (Lipinski definition) is 1. The Hall–Kier alpha value is -0.0800. The molecule has 2 heteroatoms. The van der Waals surface area contributed by atoms with E-state index in [1.807, 2.05) is 0 Å². The van der Waals surface area contributed by atoms with E-state index in [4.69, 9.17) is 5.73 Å². The fourth-order valence-electron chi connectivity index (χ4n) is 3.58. The van der Waals surface area contributed by atoms with Gasteiger partial charge in [-0.25, -0.2) is 0 Å². The van der Waals surface area contributed by atoms with Crippen LogP contribution in [0.15, 0.2) is 0 Å². The molecule has 2 saturated heterocycles. The molecule has 0 aromatic heterocycles. The molecule has 2 fully saturated rings. The van der Waals surface area contributed by atoms with Crippen molar-refractivity contribution in [1.29, 1.82) is 0 Å². The molecule has 0 amide bonds. The highest BCUT2D eigenvalue weighted by atomic mass is 15.3. The maximum absolute atomic E-state index is 5.79. The average molecular weight is 196 g/mol. The van der Waals surface area contributed by atoms with E-state index in [9.17, 15) is 0 Å². The molecule has 0 saturated carbocycles. The Morgan fingerprint density at radius 2 is 1.64 bits per heavy atom. The van der Waals surface area contributed by atoms with E-state index in [1.165, 1.54) is 25.7 Å². The fraction of sp³-hybridized carbons (Fsp3) is 1.00. The first-order valence-corrected chi connectivity index (χ1v) is 6.01. The van der Waals surface area contributed by atoms with Gasteiger partial charge in [-0.15, -0.1) is 0 Å². The van der Waals surface area contributed by atoms with Crippen LogP contribution in [-0.4, -0.2) is 29.1 Å². The minimum Gasteiger partial charge on any atom is -0.330 e. The second-order valence-corrected chi connectivity index (χ2v) is 6.04. The SMILES string of the molecule is CC(C)(C)N1C2CCC1CC(CN)C2. The highest BCUT2D eigenvalue weighted by Gasteiger charge is 2.44. The summed E-state index contributed by atoms with van der Waals surface area (Å²) in [6.07, 6.45) is 5.48. The standard InChI is InChI=1S/C12H24N2/c1-12(2,3)14-10-4-5-11(14)7-9(6-10)8-13/h9-11H,4-8,13H2,1-3H3. The molecule has 2 aliphatic heterocycles. The molecule has 0 spiro atoms. The quantitative estimate of drug-likeness (QED) is 0.695. The van der Waals surface area contributed by atoms with Gasteiger partial charge in [0.1, 0.15) is 0 Å². The number of nitrogens with two attached hydrogens (primary N) is 1. The van der Waals surface area contributed by atoms with Gasteiger partial charge in [-0.1, -0.05) is 0 Å². The molecule has 2 N–H and O–H groups in total. The lowest BCUT2D eigenvalue weighted by molar-refractivity contribution is 0.0239. The van der Waals surface area contributed by atoms with Crippen LogP contribution in [0.4, 0.5) is 0 Å². The second-order valence-electron chi connectivity index (χ2n) is 6.04. The maximum Gasteiger partial charge on any atom is 0.0130 e. The smallest absolute Gasteiger partial charge is 0.0130 e. The molecule has 0 radical (unpaired) electrons. The summed E-state index contributed by atoms with van der Waals surface area (Å²) in [5.41, 5.74) is 6.14.